The molecule has 0 radical (unpaired) electrons. The number of nitrogens with zero attached hydrogens (tertiary/aromatic N) is 2. The van der Waals surface area contributed by atoms with Gasteiger partial charge in [-0.25, -0.2) is 0 Å². The molecule has 7 nitrogen and oxygen atoms in total. The smallest absolute Gasteiger partial charge is 0.273 e. The molecule has 1 fully saturated rings. The number of aromatic nitrogens is 1. The van der Waals surface area contributed by atoms with Gasteiger partial charge >= 0.3 is 0 Å². The van der Waals surface area contributed by atoms with Gasteiger partial charge in [0.1, 0.15) is 11.7 Å². The normalized spacial score (nSPS) is 20.0. The highest BCUT2D eigenvalue weighted by Gasteiger charge is 2.35. The van der Waals surface area contributed by atoms with Gasteiger partial charge in [0.25, 0.3) is 5.91 Å². The van der Waals surface area contributed by atoms with Crippen LogP contribution in [0.5, 0.6) is 0 Å². The number of pyridine rings is 1. The third-order valence-corrected chi connectivity index (χ3v) is 5.91. The van der Waals surface area contributed by atoms with Crippen LogP contribution in [0.1, 0.15) is 53.7 Å². The summed E-state index contributed by atoms with van der Waals surface area (Å²) in [6.45, 7) is 3.02. The Bertz CT molecular complexity index is 960. The molecule has 7 heteroatoms. The molecule has 3 heterocycles. The van der Waals surface area contributed by atoms with E-state index in [1.165, 1.54) is 5.56 Å². The minimum absolute atomic E-state index is 0.0275. The number of nitrogens with one attached hydrogen (secondary N) is 2. The van der Waals surface area contributed by atoms with Crippen molar-refractivity contribution < 1.29 is 14.4 Å². The first-order valence-electron chi connectivity index (χ1n) is 10.5. The average Bonchev–Trinajstić information content (AvgIpc) is 3.38. The molecule has 3 amide bonds. The van der Waals surface area contributed by atoms with Gasteiger partial charge in [-0.3, -0.25) is 19.4 Å². The van der Waals surface area contributed by atoms with Crippen molar-refractivity contribution in [2.45, 2.75) is 44.6 Å². The number of rotatable bonds is 6. The Morgan fingerprint density at radius 3 is 2.90 bits per heavy atom. The van der Waals surface area contributed by atoms with Gasteiger partial charge in [0.2, 0.25) is 11.8 Å². The third-order valence-electron chi connectivity index (χ3n) is 5.91. The van der Waals surface area contributed by atoms with Crippen molar-refractivity contribution in [2.24, 2.45) is 0 Å². The Kier molecular flexibility index (Phi) is 5.79. The summed E-state index contributed by atoms with van der Waals surface area (Å²) in [6.07, 6.45) is 4.43. The zero-order valence-electron chi connectivity index (χ0n) is 17.1. The highest BCUT2D eigenvalue weighted by molar-refractivity contribution is 6.03. The maximum atomic E-state index is 12.8. The second-order valence-electron chi connectivity index (χ2n) is 7.77. The van der Waals surface area contributed by atoms with Crippen LogP contribution in [0.25, 0.3) is 0 Å². The predicted molar refractivity (Wildman–Crippen MR) is 113 cm³/mol. The number of carbonyl (C=O) groups excluding carboxylic acids is 3. The lowest BCUT2D eigenvalue weighted by Crippen LogP contribution is -2.46. The molecule has 0 aliphatic carbocycles. The van der Waals surface area contributed by atoms with E-state index in [1.54, 1.807) is 29.3 Å². The van der Waals surface area contributed by atoms with Crippen molar-refractivity contribution in [3.05, 3.63) is 59.4 Å². The van der Waals surface area contributed by atoms with Gasteiger partial charge in [-0.15, -0.1) is 0 Å². The number of amides is 3. The number of carbonyl (C=O) groups is 3. The van der Waals surface area contributed by atoms with E-state index in [9.17, 15) is 14.4 Å². The molecule has 0 spiro atoms. The van der Waals surface area contributed by atoms with Crippen LogP contribution in [0.15, 0.2) is 42.6 Å². The number of aryl methyl sites for hydroxylation is 1. The molecule has 2 atom stereocenters. The van der Waals surface area contributed by atoms with Gasteiger partial charge in [0, 0.05) is 25.0 Å². The first-order valence-corrected chi connectivity index (χ1v) is 10.5. The summed E-state index contributed by atoms with van der Waals surface area (Å²) in [4.78, 5) is 43.6. The fraction of sp³-hybridized carbons (Fsp3) is 0.391. The Labute approximate surface area is 175 Å². The van der Waals surface area contributed by atoms with Gasteiger partial charge in [-0.05, 0) is 55.0 Å². The maximum Gasteiger partial charge on any atom is 0.273 e. The first kappa shape index (κ1) is 20.1. The summed E-state index contributed by atoms with van der Waals surface area (Å²) >= 11 is 0. The minimum atomic E-state index is -0.490. The highest BCUT2D eigenvalue weighted by atomic mass is 16.2. The van der Waals surface area contributed by atoms with Crippen LogP contribution in [-0.4, -0.2) is 46.7 Å². The van der Waals surface area contributed by atoms with Crippen LogP contribution in [-0.2, 0) is 16.0 Å². The zero-order valence-corrected chi connectivity index (χ0v) is 17.1. The lowest BCUT2D eigenvalue weighted by atomic mass is 9.95. The van der Waals surface area contributed by atoms with Gasteiger partial charge in [0.05, 0.1) is 5.92 Å². The molecule has 30 heavy (non-hydrogen) atoms. The van der Waals surface area contributed by atoms with E-state index >= 15 is 0 Å². The molecule has 1 saturated heterocycles. The van der Waals surface area contributed by atoms with E-state index in [4.69, 9.17) is 0 Å². The van der Waals surface area contributed by atoms with Crippen molar-refractivity contribution in [2.75, 3.05) is 18.4 Å². The summed E-state index contributed by atoms with van der Waals surface area (Å²) in [5.74, 6) is -0.677. The lowest BCUT2D eigenvalue weighted by molar-refractivity contribution is -0.125. The number of likely N-dealkylation sites (tertiary alicyclic amines) is 1. The summed E-state index contributed by atoms with van der Waals surface area (Å²) in [5, 5.41) is 5.86. The molecule has 1 unspecified atom stereocenters. The number of anilines is 1. The summed E-state index contributed by atoms with van der Waals surface area (Å²) in [5.41, 5.74) is 3.40. The van der Waals surface area contributed by atoms with Gasteiger partial charge < -0.3 is 15.5 Å². The number of hydrogen-bond donors (Lipinski definition) is 2. The van der Waals surface area contributed by atoms with E-state index in [-0.39, 0.29) is 23.6 Å². The van der Waals surface area contributed by atoms with Crippen molar-refractivity contribution in [1.29, 1.82) is 0 Å². The molecule has 0 bridgehead atoms. The van der Waals surface area contributed by atoms with Crippen LogP contribution in [0.3, 0.4) is 0 Å². The molecular formula is C23H26N4O3. The summed E-state index contributed by atoms with van der Waals surface area (Å²) in [7, 11) is 0. The molecule has 4 rings (SSSR count). The quantitative estimate of drug-likeness (QED) is 0.771. The first-order chi connectivity index (χ1) is 14.6. The topological polar surface area (TPSA) is 91.4 Å². The van der Waals surface area contributed by atoms with Crippen LogP contribution in [0.4, 0.5) is 5.69 Å². The van der Waals surface area contributed by atoms with Gasteiger partial charge in [-0.1, -0.05) is 25.1 Å². The SMILES string of the molecule is CCc1ccc2c(c1)C(CCNC(=O)[C@@H]1CCCN1C(=O)c1ccccn1)C(=O)N2. The minimum Gasteiger partial charge on any atom is -0.354 e. The summed E-state index contributed by atoms with van der Waals surface area (Å²) < 4.78 is 0. The van der Waals surface area contributed by atoms with Crippen LogP contribution in [0.2, 0.25) is 0 Å². The van der Waals surface area contributed by atoms with E-state index in [1.807, 2.05) is 12.1 Å². The standard InChI is InChI=1S/C23H26N4O3/c1-2-15-8-9-18-17(14-15)16(21(28)26-18)10-12-25-22(29)20-7-5-13-27(20)23(30)19-6-3-4-11-24-19/h3-4,6,8-9,11,14,16,20H,2,5,7,10,12-13H2,1H3,(H,25,29)(H,26,28)/t16?,20-/m0/s1. The average molecular weight is 406 g/mol. The van der Waals surface area contributed by atoms with Crippen LogP contribution >= 0.6 is 0 Å². The van der Waals surface area contributed by atoms with Crippen molar-refractivity contribution in [3.8, 4) is 0 Å². The van der Waals surface area contributed by atoms with E-state index in [0.29, 0.717) is 31.6 Å². The molecule has 2 aliphatic rings. The van der Waals surface area contributed by atoms with Crippen molar-refractivity contribution in [3.63, 3.8) is 0 Å². The maximum absolute atomic E-state index is 12.8. The molecule has 2 N–H and O–H groups in total. The van der Waals surface area contributed by atoms with E-state index in [0.717, 1.165) is 24.1 Å². The number of hydrogen-bond acceptors (Lipinski definition) is 4. The summed E-state index contributed by atoms with van der Waals surface area (Å²) in [6, 6.07) is 10.7. The molecule has 0 saturated carbocycles. The van der Waals surface area contributed by atoms with Crippen LogP contribution in [0, 0.1) is 0 Å². The molecule has 2 aromatic rings. The zero-order chi connectivity index (χ0) is 21.1. The van der Waals surface area contributed by atoms with E-state index in [2.05, 4.69) is 28.6 Å². The van der Waals surface area contributed by atoms with Crippen molar-refractivity contribution >= 4 is 23.4 Å². The highest BCUT2D eigenvalue weighted by Crippen LogP contribution is 2.35. The Hall–Kier alpha value is -3.22. The van der Waals surface area contributed by atoms with E-state index < -0.39 is 6.04 Å². The molecule has 1 aromatic carbocycles. The third kappa shape index (κ3) is 3.92. The van der Waals surface area contributed by atoms with Gasteiger partial charge in [-0.2, -0.15) is 0 Å². The predicted octanol–water partition coefficient (Wildman–Crippen LogP) is 2.49. The van der Waals surface area contributed by atoms with Crippen LogP contribution < -0.4 is 10.6 Å². The fourth-order valence-corrected chi connectivity index (χ4v) is 4.26. The molecular weight excluding hydrogens is 380 g/mol. The monoisotopic (exact) mass is 406 g/mol. The largest absolute Gasteiger partial charge is 0.354 e. The molecule has 2 aliphatic heterocycles. The Morgan fingerprint density at radius 2 is 2.13 bits per heavy atom. The Balaban J connectivity index is 1.36. The van der Waals surface area contributed by atoms with Crippen molar-refractivity contribution in [1.82, 2.24) is 15.2 Å². The fourth-order valence-electron chi connectivity index (χ4n) is 4.26. The second-order valence-corrected chi connectivity index (χ2v) is 7.77. The number of benzene rings is 1. The number of fused-ring (bicyclic) bond motifs is 1. The Morgan fingerprint density at radius 1 is 1.27 bits per heavy atom. The second kappa shape index (κ2) is 8.65. The lowest BCUT2D eigenvalue weighted by Gasteiger charge is -2.23. The van der Waals surface area contributed by atoms with Gasteiger partial charge in [0.15, 0.2) is 0 Å². The molecule has 1 aromatic heterocycles. The molecule has 156 valence electrons.